The van der Waals surface area contributed by atoms with Crippen LogP contribution in [0, 0.1) is 5.41 Å². The lowest BCUT2D eigenvalue weighted by Gasteiger charge is -2.23. The Hall–Kier alpha value is -0.970. The second kappa shape index (κ2) is 5.12. The van der Waals surface area contributed by atoms with Crippen LogP contribution in [0.25, 0.3) is 0 Å². The quantitative estimate of drug-likeness (QED) is 0.577. The van der Waals surface area contributed by atoms with E-state index in [1.807, 2.05) is 0 Å². The van der Waals surface area contributed by atoms with Crippen LogP contribution in [0.1, 0.15) is 33.6 Å². The first-order chi connectivity index (χ1) is 7.79. The van der Waals surface area contributed by atoms with E-state index in [1.54, 1.807) is 20.8 Å². The van der Waals surface area contributed by atoms with Gasteiger partial charge in [0.15, 0.2) is 6.07 Å². The van der Waals surface area contributed by atoms with Crippen molar-refractivity contribution in [2.75, 3.05) is 12.7 Å². The van der Waals surface area contributed by atoms with E-state index in [0.717, 1.165) is 0 Å². The van der Waals surface area contributed by atoms with Gasteiger partial charge in [-0.3, -0.25) is 4.79 Å². The van der Waals surface area contributed by atoms with Crippen LogP contribution in [0.3, 0.4) is 0 Å². The molecule has 0 atom stereocenters. The number of hydrogen-bond acceptors (Lipinski definition) is 5. The number of alkyl halides is 1. The summed E-state index contributed by atoms with van der Waals surface area (Å²) in [5.41, 5.74) is -1.22. The van der Waals surface area contributed by atoms with Gasteiger partial charge in [0, 0.05) is 0 Å². The van der Waals surface area contributed by atoms with E-state index in [0.29, 0.717) is 12.8 Å². The highest BCUT2D eigenvalue weighted by molar-refractivity contribution is 6.17. The number of esters is 1. The summed E-state index contributed by atoms with van der Waals surface area (Å²) < 4.78 is 14.5. The molecule has 0 aromatic heterocycles. The van der Waals surface area contributed by atoms with Crippen molar-refractivity contribution >= 4 is 23.7 Å². The smallest absolute Gasteiger partial charge is 0.459 e. The van der Waals surface area contributed by atoms with E-state index in [1.165, 1.54) is 0 Å². The van der Waals surface area contributed by atoms with Crippen molar-refractivity contribution < 1.29 is 23.8 Å². The van der Waals surface area contributed by atoms with Crippen molar-refractivity contribution in [3.05, 3.63) is 0 Å². The molecular weight excluding hydrogens is 248 g/mol. The third-order valence-electron chi connectivity index (χ3n) is 2.32. The maximum atomic E-state index is 11.8. The zero-order chi connectivity index (χ0) is 13.1. The minimum absolute atomic E-state index is 0.0162. The molecule has 0 amide bonds. The topological polar surface area (TPSA) is 61.8 Å². The standard InChI is InChI=1S/C11H17ClO5/c1-10(2,3)17-8(13)11(4-5-11)6-15-9(14)16-7-12/h4-7H2,1-3H3. The first kappa shape index (κ1) is 14.1. The van der Waals surface area contributed by atoms with Gasteiger partial charge in [0.2, 0.25) is 0 Å². The molecule has 0 aliphatic heterocycles. The van der Waals surface area contributed by atoms with Crippen LogP contribution < -0.4 is 0 Å². The Morgan fingerprint density at radius 3 is 2.24 bits per heavy atom. The molecule has 1 aliphatic carbocycles. The monoisotopic (exact) mass is 264 g/mol. The number of halogens is 1. The van der Waals surface area contributed by atoms with Crippen molar-refractivity contribution in [1.29, 1.82) is 0 Å². The number of carbonyl (C=O) groups is 2. The van der Waals surface area contributed by atoms with Crippen molar-refractivity contribution in [2.24, 2.45) is 5.41 Å². The fourth-order valence-electron chi connectivity index (χ4n) is 1.23. The van der Waals surface area contributed by atoms with Gasteiger partial charge in [-0.15, -0.1) is 0 Å². The minimum atomic E-state index is -0.866. The van der Waals surface area contributed by atoms with E-state index in [-0.39, 0.29) is 18.6 Å². The van der Waals surface area contributed by atoms with Crippen LogP contribution in [0.5, 0.6) is 0 Å². The predicted molar refractivity (Wildman–Crippen MR) is 60.7 cm³/mol. The van der Waals surface area contributed by atoms with Gasteiger partial charge in [-0.1, -0.05) is 11.6 Å². The highest BCUT2D eigenvalue weighted by atomic mass is 35.5. The summed E-state index contributed by atoms with van der Waals surface area (Å²) >= 11 is 5.20. The van der Waals surface area contributed by atoms with Crippen LogP contribution in [-0.4, -0.2) is 30.4 Å². The first-order valence-electron chi connectivity index (χ1n) is 5.38. The Morgan fingerprint density at radius 1 is 1.24 bits per heavy atom. The summed E-state index contributed by atoms with van der Waals surface area (Å²) in [5.74, 6) is -0.330. The molecule has 0 aromatic carbocycles. The van der Waals surface area contributed by atoms with Crippen LogP contribution in [0.2, 0.25) is 0 Å². The van der Waals surface area contributed by atoms with E-state index >= 15 is 0 Å². The molecule has 0 aromatic rings. The van der Waals surface area contributed by atoms with Gasteiger partial charge >= 0.3 is 12.1 Å². The molecule has 0 saturated heterocycles. The number of hydrogen-bond donors (Lipinski definition) is 0. The molecule has 0 unspecified atom stereocenters. The number of rotatable bonds is 4. The SMILES string of the molecule is CC(C)(C)OC(=O)C1(COC(=O)OCCl)CC1. The van der Waals surface area contributed by atoms with E-state index in [4.69, 9.17) is 21.1 Å². The molecule has 98 valence electrons. The predicted octanol–water partition coefficient (Wildman–Crippen LogP) is 2.46. The fourth-order valence-corrected chi connectivity index (χ4v) is 1.32. The van der Waals surface area contributed by atoms with Gasteiger partial charge in [-0.25, -0.2) is 4.79 Å². The minimum Gasteiger partial charge on any atom is -0.459 e. The summed E-state index contributed by atoms with van der Waals surface area (Å²) in [4.78, 5) is 22.8. The summed E-state index contributed by atoms with van der Waals surface area (Å²) in [6.45, 7) is 5.37. The third kappa shape index (κ3) is 4.42. The molecule has 17 heavy (non-hydrogen) atoms. The van der Waals surface area contributed by atoms with Crippen molar-refractivity contribution in [1.82, 2.24) is 0 Å². The molecular formula is C11H17ClO5. The van der Waals surface area contributed by atoms with Gasteiger partial charge in [0.1, 0.15) is 17.6 Å². The maximum Gasteiger partial charge on any atom is 0.509 e. The molecule has 0 N–H and O–H groups in total. The maximum absolute atomic E-state index is 11.8. The Morgan fingerprint density at radius 2 is 1.82 bits per heavy atom. The summed E-state index contributed by atoms with van der Waals surface area (Å²) in [6, 6.07) is -0.266. The molecule has 5 nitrogen and oxygen atoms in total. The molecule has 1 rings (SSSR count). The van der Waals surface area contributed by atoms with Gasteiger partial charge in [0.05, 0.1) is 0 Å². The zero-order valence-electron chi connectivity index (χ0n) is 10.2. The molecule has 0 bridgehead atoms. The second-order valence-corrected chi connectivity index (χ2v) is 5.29. The first-order valence-corrected chi connectivity index (χ1v) is 5.91. The highest BCUT2D eigenvalue weighted by Crippen LogP contribution is 2.47. The van der Waals surface area contributed by atoms with E-state index < -0.39 is 17.2 Å². The summed E-state index contributed by atoms with van der Waals surface area (Å²) in [6.07, 6.45) is 0.460. The van der Waals surface area contributed by atoms with Crippen LogP contribution in [0.4, 0.5) is 4.79 Å². The van der Waals surface area contributed by atoms with Gasteiger partial charge in [-0.2, -0.15) is 0 Å². The lowest BCUT2D eigenvalue weighted by atomic mass is 10.1. The largest absolute Gasteiger partial charge is 0.509 e. The Kier molecular flexibility index (Phi) is 4.25. The van der Waals surface area contributed by atoms with Crippen molar-refractivity contribution in [2.45, 2.75) is 39.2 Å². The highest BCUT2D eigenvalue weighted by Gasteiger charge is 2.53. The molecule has 1 aliphatic rings. The molecule has 1 fully saturated rings. The lowest BCUT2D eigenvalue weighted by Crippen LogP contribution is -2.32. The molecule has 0 spiro atoms. The Bertz CT molecular complexity index is 303. The normalized spacial score (nSPS) is 17.2. The molecule has 0 radical (unpaired) electrons. The molecule has 1 saturated carbocycles. The average Bonchev–Trinajstić information content (AvgIpc) is 2.93. The van der Waals surface area contributed by atoms with Crippen LogP contribution in [-0.2, 0) is 19.0 Å². The van der Waals surface area contributed by atoms with Gasteiger partial charge in [0.25, 0.3) is 0 Å². The van der Waals surface area contributed by atoms with Crippen LogP contribution in [0.15, 0.2) is 0 Å². The van der Waals surface area contributed by atoms with E-state index in [9.17, 15) is 9.59 Å². The van der Waals surface area contributed by atoms with Crippen molar-refractivity contribution in [3.63, 3.8) is 0 Å². The van der Waals surface area contributed by atoms with Crippen LogP contribution >= 0.6 is 11.6 Å². The van der Waals surface area contributed by atoms with Crippen molar-refractivity contribution in [3.8, 4) is 0 Å². The fraction of sp³-hybridized carbons (Fsp3) is 0.818. The summed E-state index contributed by atoms with van der Waals surface area (Å²) in [7, 11) is 0. The number of ether oxygens (including phenoxy) is 3. The Balaban J connectivity index is 2.42. The Labute approximate surface area is 105 Å². The average molecular weight is 265 g/mol. The van der Waals surface area contributed by atoms with Gasteiger partial charge in [-0.05, 0) is 33.6 Å². The van der Waals surface area contributed by atoms with Gasteiger partial charge < -0.3 is 14.2 Å². The second-order valence-electron chi connectivity index (χ2n) is 5.07. The lowest BCUT2D eigenvalue weighted by molar-refractivity contribution is -0.163. The summed E-state index contributed by atoms with van der Waals surface area (Å²) in [5, 5.41) is 0. The zero-order valence-corrected chi connectivity index (χ0v) is 11.0. The molecule has 0 heterocycles. The third-order valence-corrected chi connectivity index (χ3v) is 2.43. The molecule has 6 heteroatoms. The van der Waals surface area contributed by atoms with E-state index in [2.05, 4.69) is 4.74 Å². The number of carbonyl (C=O) groups excluding carboxylic acids is 2.